The van der Waals surface area contributed by atoms with Crippen LogP contribution in [0.4, 0.5) is 17.1 Å². The van der Waals surface area contributed by atoms with Crippen molar-refractivity contribution in [3.05, 3.63) is 137 Å². The van der Waals surface area contributed by atoms with Gasteiger partial charge in [0.05, 0.1) is 0 Å². The normalized spacial score (nSPS) is 10.9. The van der Waals surface area contributed by atoms with Crippen molar-refractivity contribution in [1.29, 1.82) is 0 Å². The number of rotatable bonds is 7. The van der Waals surface area contributed by atoms with Crippen molar-refractivity contribution in [3.8, 4) is 10.4 Å². The van der Waals surface area contributed by atoms with Crippen molar-refractivity contribution < 1.29 is 4.79 Å². The van der Waals surface area contributed by atoms with E-state index in [0.717, 1.165) is 34.5 Å². The van der Waals surface area contributed by atoms with Gasteiger partial charge in [-0.25, -0.2) is 0 Å². The smallest absolute Gasteiger partial charge is 0.150 e. The second kappa shape index (κ2) is 10.2. The first-order valence-electron chi connectivity index (χ1n) is 11.1. The highest BCUT2D eigenvalue weighted by atomic mass is 32.1. The topological polar surface area (TPSA) is 20.3 Å². The Morgan fingerprint density at radius 3 is 1.68 bits per heavy atom. The first kappa shape index (κ1) is 21.6. The Labute approximate surface area is 204 Å². The van der Waals surface area contributed by atoms with Gasteiger partial charge < -0.3 is 4.90 Å². The Morgan fingerprint density at radius 1 is 0.529 bits per heavy atom. The summed E-state index contributed by atoms with van der Waals surface area (Å²) in [6, 6.07) is 41.4. The molecular formula is C31H23NOS. The van der Waals surface area contributed by atoms with Crippen LogP contribution in [0.5, 0.6) is 0 Å². The minimum Gasteiger partial charge on any atom is -0.311 e. The summed E-state index contributed by atoms with van der Waals surface area (Å²) < 4.78 is 0. The van der Waals surface area contributed by atoms with Crippen LogP contribution in [0.25, 0.3) is 22.6 Å². The zero-order valence-corrected chi connectivity index (χ0v) is 19.4. The molecule has 0 radical (unpaired) electrons. The van der Waals surface area contributed by atoms with Gasteiger partial charge >= 0.3 is 0 Å². The van der Waals surface area contributed by atoms with E-state index in [4.69, 9.17) is 0 Å². The third kappa shape index (κ3) is 4.90. The second-order valence-electron chi connectivity index (χ2n) is 7.87. The Morgan fingerprint density at radius 2 is 1.09 bits per heavy atom. The maximum atomic E-state index is 10.9. The van der Waals surface area contributed by atoms with E-state index in [0.29, 0.717) is 5.56 Å². The van der Waals surface area contributed by atoms with Crippen molar-refractivity contribution >= 4 is 46.8 Å². The van der Waals surface area contributed by atoms with Crippen LogP contribution in [0.3, 0.4) is 0 Å². The summed E-state index contributed by atoms with van der Waals surface area (Å²) in [5.41, 5.74) is 6.35. The molecule has 2 nitrogen and oxygen atoms in total. The molecule has 0 aliphatic rings. The number of benzene rings is 4. The molecule has 0 spiro atoms. The van der Waals surface area contributed by atoms with Gasteiger partial charge in [0.25, 0.3) is 0 Å². The highest BCUT2D eigenvalue weighted by Crippen LogP contribution is 2.34. The molecule has 1 aromatic heterocycles. The molecule has 0 aliphatic carbocycles. The number of hydrogen-bond donors (Lipinski definition) is 0. The van der Waals surface area contributed by atoms with Crippen molar-refractivity contribution in [2.75, 3.05) is 4.90 Å². The maximum Gasteiger partial charge on any atom is 0.150 e. The predicted molar refractivity (Wildman–Crippen MR) is 145 cm³/mol. The monoisotopic (exact) mass is 457 g/mol. The van der Waals surface area contributed by atoms with E-state index >= 15 is 0 Å². The summed E-state index contributed by atoms with van der Waals surface area (Å²) >= 11 is 1.74. The van der Waals surface area contributed by atoms with E-state index in [2.05, 4.69) is 102 Å². The minimum atomic E-state index is 0.696. The molecule has 0 N–H and O–H groups in total. The molecule has 3 heteroatoms. The van der Waals surface area contributed by atoms with Gasteiger partial charge in [-0.1, -0.05) is 78.9 Å². The Balaban J connectivity index is 1.35. The van der Waals surface area contributed by atoms with Gasteiger partial charge in [-0.3, -0.25) is 4.79 Å². The van der Waals surface area contributed by atoms with Gasteiger partial charge in [0.2, 0.25) is 0 Å². The number of para-hydroxylation sites is 2. The average molecular weight is 458 g/mol. The fourth-order valence-electron chi connectivity index (χ4n) is 3.84. The lowest BCUT2D eigenvalue weighted by atomic mass is 10.1. The minimum absolute atomic E-state index is 0.696. The number of hydrogen-bond acceptors (Lipinski definition) is 3. The van der Waals surface area contributed by atoms with Crippen LogP contribution in [-0.4, -0.2) is 6.29 Å². The summed E-state index contributed by atoms with van der Waals surface area (Å²) in [5.74, 6) is 0. The number of nitrogens with zero attached hydrogens (tertiary/aromatic N) is 1. The first-order chi connectivity index (χ1) is 16.8. The zero-order chi connectivity index (χ0) is 23.2. The number of thiophene rings is 1. The van der Waals surface area contributed by atoms with Gasteiger partial charge in [-0.2, -0.15) is 0 Å². The molecule has 5 aromatic rings. The molecule has 5 rings (SSSR count). The fraction of sp³-hybridized carbons (Fsp3) is 0. The van der Waals surface area contributed by atoms with Crippen molar-refractivity contribution in [2.24, 2.45) is 0 Å². The molecule has 0 fully saturated rings. The van der Waals surface area contributed by atoms with Crippen LogP contribution < -0.4 is 4.90 Å². The standard InChI is InChI=1S/C31H23NOS/c33-23-25-11-16-26(17-12-25)31-22-21-30(34-31)20-15-24-13-18-29(19-14-24)32(27-7-3-1-4-8-27)28-9-5-2-6-10-28/h1-23H/b20-15+. The quantitative estimate of drug-likeness (QED) is 0.227. The van der Waals surface area contributed by atoms with Crippen LogP contribution in [0.15, 0.2) is 121 Å². The molecule has 0 atom stereocenters. The molecule has 0 saturated heterocycles. The van der Waals surface area contributed by atoms with Crippen LogP contribution in [0.2, 0.25) is 0 Å². The van der Waals surface area contributed by atoms with E-state index in [-0.39, 0.29) is 0 Å². The van der Waals surface area contributed by atoms with Crippen molar-refractivity contribution in [1.82, 2.24) is 0 Å². The average Bonchev–Trinajstić information content (AvgIpc) is 3.39. The fourth-order valence-corrected chi connectivity index (χ4v) is 4.75. The molecule has 0 unspecified atom stereocenters. The Hall–Kier alpha value is -4.21. The molecule has 34 heavy (non-hydrogen) atoms. The molecule has 0 bridgehead atoms. The highest BCUT2D eigenvalue weighted by Gasteiger charge is 2.11. The summed E-state index contributed by atoms with van der Waals surface area (Å²) in [7, 11) is 0. The molecule has 4 aromatic carbocycles. The number of carbonyl (C=O) groups excluding carboxylic acids is 1. The Bertz CT molecular complexity index is 1350. The van der Waals surface area contributed by atoms with Gasteiger partial charge in [-0.05, 0) is 65.7 Å². The largest absolute Gasteiger partial charge is 0.311 e. The van der Waals surface area contributed by atoms with Crippen LogP contribution in [0, 0.1) is 0 Å². The number of anilines is 3. The van der Waals surface area contributed by atoms with Crippen molar-refractivity contribution in [3.63, 3.8) is 0 Å². The first-order valence-corrected chi connectivity index (χ1v) is 12.0. The van der Waals surface area contributed by atoms with Crippen LogP contribution >= 0.6 is 11.3 Å². The molecule has 0 saturated carbocycles. The molecule has 1 heterocycles. The molecular weight excluding hydrogens is 434 g/mol. The number of carbonyl (C=O) groups is 1. The van der Waals surface area contributed by atoms with E-state index in [1.807, 2.05) is 36.4 Å². The summed E-state index contributed by atoms with van der Waals surface area (Å²) in [6.45, 7) is 0. The third-order valence-corrected chi connectivity index (χ3v) is 6.68. The van der Waals surface area contributed by atoms with Crippen molar-refractivity contribution in [2.45, 2.75) is 0 Å². The number of aldehydes is 1. The van der Waals surface area contributed by atoms with E-state index in [1.54, 1.807) is 11.3 Å². The van der Waals surface area contributed by atoms with Gasteiger partial charge in [0, 0.05) is 32.4 Å². The zero-order valence-electron chi connectivity index (χ0n) is 18.5. The Kier molecular flexibility index (Phi) is 6.46. The third-order valence-electron chi connectivity index (χ3n) is 5.58. The summed E-state index contributed by atoms with van der Waals surface area (Å²) in [6.07, 6.45) is 5.16. The molecule has 0 amide bonds. The van der Waals surface area contributed by atoms with E-state index in [1.165, 1.54) is 9.75 Å². The summed E-state index contributed by atoms with van der Waals surface area (Å²) in [5, 5.41) is 0. The van der Waals surface area contributed by atoms with Gasteiger partial charge in [0.1, 0.15) is 6.29 Å². The van der Waals surface area contributed by atoms with E-state index in [9.17, 15) is 4.79 Å². The lowest BCUT2D eigenvalue weighted by Gasteiger charge is -2.25. The van der Waals surface area contributed by atoms with Crippen LogP contribution in [-0.2, 0) is 0 Å². The lowest BCUT2D eigenvalue weighted by Crippen LogP contribution is -2.09. The molecule has 0 aliphatic heterocycles. The van der Waals surface area contributed by atoms with E-state index < -0.39 is 0 Å². The predicted octanol–water partition coefficient (Wildman–Crippen LogP) is 8.87. The summed E-state index contributed by atoms with van der Waals surface area (Å²) in [4.78, 5) is 15.5. The lowest BCUT2D eigenvalue weighted by molar-refractivity contribution is 0.112. The molecule has 164 valence electrons. The SMILES string of the molecule is O=Cc1ccc(-c2ccc(/C=C/c3ccc(N(c4ccccc4)c4ccccc4)cc3)s2)cc1. The maximum absolute atomic E-state index is 10.9. The second-order valence-corrected chi connectivity index (χ2v) is 8.99. The van der Waals surface area contributed by atoms with Crippen LogP contribution in [0.1, 0.15) is 20.8 Å². The van der Waals surface area contributed by atoms with Gasteiger partial charge in [0.15, 0.2) is 0 Å². The van der Waals surface area contributed by atoms with Gasteiger partial charge in [-0.15, -0.1) is 11.3 Å². The highest BCUT2D eigenvalue weighted by molar-refractivity contribution is 7.16.